The van der Waals surface area contributed by atoms with Gasteiger partial charge in [0.2, 0.25) is 0 Å². The van der Waals surface area contributed by atoms with E-state index in [1.54, 1.807) is 6.07 Å². The third-order valence-electron chi connectivity index (χ3n) is 2.94. The Morgan fingerprint density at radius 2 is 2.11 bits per heavy atom. The predicted octanol–water partition coefficient (Wildman–Crippen LogP) is 1.88. The van der Waals surface area contributed by atoms with Crippen molar-refractivity contribution in [2.75, 3.05) is 5.73 Å². The van der Waals surface area contributed by atoms with Gasteiger partial charge in [-0.25, -0.2) is 9.97 Å². The van der Waals surface area contributed by atoms with Gasteiger partial charge in [-0.05, 0) is 19.1 Å². The van der Waals surface area contributed by atoms with Crippen LogP contribution in [-0.4, -0.2) is 15.0 Å². The molecule has 1 aromatic carbocycles. The molecule has 5 nitrogen and oxygen atoms in total. The van der Waals surface area contributed by atoms with Crippen molar-refractivity contribution in [1.29, 1.82) is 0 Å². The molecule has 0 radical (unpaired) electrons. The lowest BCUT2D eigenvalue weighted by Gasteiger charge is -2.05. The molecule has 0 aliphatic rings. The summed E-state index contributed by atoms with van der Waals surface area (Å²) in [6.07, 6.45) is 1.50. The fourth-order valence-corrected chi connectivity index (χ4v) is 2.01. The molecule has 0 saturated heterocycles. The molecule has 3 N–H and O–H groups in total. The molecule has 0 spiro atoms. The van der Waals surface area contributed by atoms with Gasteiger partial charge in [-0.2, -0.15) is 0 Å². The molecule has 0 fully saturated rings. The zero-order valence-corrected chi connectivity index (χ0v) is 10.3. The third kappa shape index (κ3) is 1.95. The monoisotopic (exact) mass is 252 g/mol. The van der Waals surface area contributed by atoms with E-state index in [1.165, 1.54) is 6.20 Å². The maximum absolute atomic E-state index is 12.0. The molecule has 5 heteroatoms. The Hall–Kier alpha value is -2.69. The summed E-state index contributed by atoms with van der Waals surface area (Å²) < 4.78 is 0. The largest absolute Gasteiger partial charge is 0.382 e. The molecule has 2 aromatic heterocycles. The van der Waals surface area contributed by atoms with Gasteiger partial charge in [-0.1, -0.05) is 23.8 Å². The fourth-order valence-electron chi connectivity index (χ4n) is 2.01. The van der Waals surface area contributed by atoms with E-state index < -0.39 is 0 Å². The van der Waals surface area contributed by atoms with Crippen LogP contribution in [0.4, 0.5) is 5.82 Å². The quantitative estimate of drug-likeness (QED) is 0.692. The van der Waals surface area contributed by atoms with Gasteiger partial charge in [-0.15, -0.1) is 0 Å². The Kier molecular flexibility index (Phi) is 2.52. The number of hydrogen-bond donors (Lipinski definition) is 2. The van der Waals surface area contributed by atoms with Gasteiger partial charge in [0.25, 0.3) is 5.56 Å². The van der Waals surface area contributed by atoms with Crippen LogP contribution in [-0.2, 0) is 0 Å². The summed E-state index contributed by atoms with van der Waals surface area (Å²) in [4.78, 5) is 23.2. The van der Waals surface area contributed by atoms with E-state index in [9.17, 15) is 4.79 Å². The first-order chi connectivity index (χ1) is 9.15. The summed E-state index contributed by atoms with van der Waals surface area (Å²) in [6.45, 7) is 1.98. The second kappa shape index (κ2) is 4.20. The van der Waals surface area contributed by atoms with Crippen LogP contribution in [0.1, 0.15) is 5.56 Å². The number of aryl methyl sites for hydroxylation is 1. The number of aromatic amines is 1. The summed E-state index contributed by atoms with van der Waals surface area (Å²) in [6, 6.07) is 9.36. The minimum Gasteiger partial charge on any atom is -0.382 e. The Balaban J connectivity index is 2.32. The standard InChI is InChI=1S/C14H12N4O/c1-8-3-2-4-9(7-8)13-17-11-10(14(19)18-13)5-6-16-12(11)15/h2-7H,1H3,(H2,15,16)(H,17,18,19). The number of aromatic nitrogens is 3. The third-order valence-corrected chi connectivity index (χ3v) is 2.94. The van der Waals surface area contributed by atoms with Crippen molar-refractivity contribution in [1.82, 2.24) is 15.0 Å². The zero-order chi connectivity index (χ0) is 13.4. The zero-order valence-electron chi connectivity index (χ0n) is 10.3. The number of hydrogen-bond acceptors (Lipinski definition) is 4. The number of nitrogens with two attached hydrogens (primary N) is 1. The van der Waals surface area contributed by atoms with Crippen LogP contribution < -0.4 is 11.3 Å². The molecular formula is C14H12N4O. The van der Waals surface area contributed by atoms with Crippen LogP contribution in [0.15, 0.2) is 41.3 Å². The van der Waals surface area contributed by atoms with E-state index in [-0.39, 0.29) is 11.4 Å². The first-order valence-corrected chi connectivity index (χ1v) is 5.87. The van der Waals surface area contributed by atoms with Gasteiger partial charge in [0.1, 0.15) is 17.2 Å². The molecule has 94 valence electrons. The van der Waals surface area contributed by atoms with Gasteiger partial charge >= 0.3 is 0 Å². The minimum absolute atomic E-state index is 0.212. The molecule has 2 heterocycles. The highest BCUT2D eigenvalue weighted by atomic mass is 16.1. The lowest BCUT2D eigenvalue weighted by atomic mass is 10.1. The average Bonchev–Trinajstić information content (AvgIpc) is 2.40. The molecule has 0 unspecified atom stereocenters. The second-order valence-electron chi connectivity index (χ2n) is 4.38. The molecule has 0 amide bonds. The Morgan fingerprint density at radius 3 is 2.89 bits per heavy atom. The summed E-state index contributed by atoms with van der Waals surface area (Å²) in [5.41, 5.74) is 7.94. The van der Waals surface area contributed by atoms with E-state index >= 15 is 0 Å². The lowest BCUT2D eigenvalue weighted by molar-refractivity contribution is 1.17. The smallest absolute Gasteiger partial charge is 0.259 e. The van der Waals surface area contributed by atoms with Crippen molar-refractivity contribution in [2.24, 2.45) is 0 Å². The average molecular weight is 252 g/mol. The number of H-pyrrole nitrogens is 1. The number of rotatable bonds is 1. The Morgan fingerprint density at radius 1 is 1.26 bits per heavy atom. The molecular weight excluding hydrogens is 240 g/mol. The Bertz CT molecular complexity index is 823. The molecule has 3 rings (SSSR count). The molecule has 0 saturated carbocycles. The van der Waals surface area contributed by atoms with E-state index in [0.717, 1.165) is 11.1 Å². The van der Waals surface area contributed by atoms with Crippen molar-refractivity contribution in [3.63, 3.8) is 0 Å². The van der Waals surface area contributed by atoms with Crippen LogP contribution in [0.3, 0.4) is 0 Å². The van der Waals surface area contributed by atoms with Crippen molar-refractivity contribution < 1.29 is 0 Å². The number of pyridine rings is 1. The van der Waals surface area contributed by atoms with Gasteiger partial charge < -0.3 is 10.7 Å². The highest BCUT2D eigenvalue weighted by molar-refractivity contribution is 5.87. The number of nitrogen functional groups attached to an aromatic ring is 1. The van der Waals surface area contributed by atoms with Crippen LogP contribution in [0.25, 0.3) is 22.3 Å². The van der Waals surface area contributed by atoms with E-state index in [4.69, 9.17) is 5.73 Å². The maximum Gasteiger partial charge on any atom is 0.259 e. The number of benzene rings is 1. The predicted molar refractivity (Wildman–Crippen MR) is 74.7 cm³/mol. The first-order valence-electron chi connectivity index (χ1n) is 5.87. The lowest BCUT2D eigenvalue weighted by Crippen LogP contribution is -2.11. The molecule has 3 aromatic rings. The highest BCUT2D eigenvalue weighted by Gasteiger charge is 2.08. The Labute approximate surface area is 109 Å². The van der Waals surface area contributed by atoms with Crippen LogP contribution in [0, 0.1) is 6.92 Å². The normalized spacial score (nSPS) is 10.8. The topological polar surface area (TPSA) is 84.7 Å². The summed E-state index contributed by atoms with van der Waals surface area (Å²) in [5.74, 6) is 0.762. The van der Waals surface area contributed by atoms with E-state index in [1.807, 2.05) is 31.2 Å². The summed E-state index contributed by atoms with van der Waals surface area (Å²) in [7, 11) is 0. The van der Waals surface area contributed by atoms with Gasteiger partial charge in [-0.3, -0.25) is 4.79 Å². The van der Waals surface area contributed by atoms with E-state index in [0.29, 0.717) is 16.7 Å². The molecule has 0 atom stereocenters. The fraction of sp³-hybridized carbons (Fsp3) is 0.0714. The van der Waals surface area contributed by atoms with Crippen molar-refractivity contribution in [3.8, 4) is 11.4 Å². The first kappa shape index (κ1) is 11.4. The molecule has 0 bridgehead atoms. The highest BCUT2D eigenvalue weighted by Crippen LogP contribution is 2.19. The summed E-state index contributed by atoms with van der Waals surface area (Å²) in [5, 5.41) is 0.448. The second-order valence-corrected chi connectivity index (χ2v) is 4.38. The van der Waals surface area contributed by atoms with Crippen LogP contribution in [0.5, 0.6) is 0 Å². The summed E-state index contributed by atoms with van der Waals surface area (Å²) >= 11 is 0. The van der Waals surface area contributed by atoms with Crippen LogP contribution >= 0.6 is 0 Å². The molecule has 19 heavy (non-hydrogen) atoms. The van der Waals surface area contributed by atoms with Crippen molar-refractivity contribution in [3.05, 3.63) is 52.4 Å². The minimum atomic E-state index is -0.212. The number of anilines is 1. The number of nitrogens with zero attached hydrogens (tertiary/aromatic N) is 2. The van der Waals surface area contributed by atoms with Gasteiger partial charge in [0.15, 0.2) is 0 Å². The molecule has 0 aliphatic heterocycles. The van der Waals surface area contributed by atoms with Gasteiger partial charge in [0.05, 0.1) is 5.39 Å². The van der Waals surface area contributed by atoms with Crippen LogP contribution in [0.2, 0.25) is 0 Å². The van der Waals surface area contributed by atoms with E-state index in [2.05, 4.69) is 15.0 Å². The molecule has 0 aliphatic carbocycles. The van der Waals surface area contributed by atoms with Crippen molar-refractivity contribution >= 4 is 16.7 Å². The number of nitrogens with one attached hydrogen (secondary N) is 1. The van der Waals surface area contributed by atoms with Crippen molar-refractivity contribution in [2.45, 2.75) is 6.92 Å². The van der Waals surface area contributed by atoms with Gasteiger partial charge in [0, 0.05) is 11.8 Å². The number of fused-ring (bicyclic) bond motifs is 1. The SMILES string of the molecule is Cc1cccc(-c2nc3c(N)nccc3c(=O)[nH]2)c1. The maximum atomic E-state index is 12.0.